The number of esters is 1. The lowest BCUT2D eigenvalue weighted by molar-refractivity contribution is -0.149. The highest BCUT2D eigenvalue weighted by Crippen LogP contribution is 2.24. The van der Waals surface area contributed by atoms with Crippen LogP contribution in [0.5, 0.6) is 0 Å². The zero-order valence-corrected chi connectivity index (χ0v) is 15.8. The molecule has 0 unspecified atom stereocenters. The summed E-state index contributed by atoms with van der Waals surface area (Å²) in [5.74, 6) is -0.453. The third-order valence-electron chi connectivity index (χ3n) is 3.76. The van der Waals surface area contributed by atoms with Gasteiger partial charge in [-0.2, -0.15) is 0 Å². The van der Waals surface area contributed by atoms with Crippen molar-refractivity contribution in [3.63, 3.8) is 0 Å². The summed E-state index contributed by atoms with van der Waals surface area (Å²) in [4.78, 5) is 23.8. The van der Waals surface area contributed by atoms with E-state index in [9.17, 15) is 9.59 Å². The van der Waals surface area contributed by atoms with E-state index in [1.807, 2.05) is 44.2 Å². The van der Waals surface area contributed by atoms with Gasteiger partial charge in [0.05, 0.1) is 0 Å². The van der Waals surface area contributed by atoms with Gasteiger partial charge in [0.1, 0.15) is 18.2 Å². The SMILES string of the molecule is CC(C)(C)OC(=O)NCCC(C)(C)[C@H](N)C(=O)OCc1ccccc1. The number of ether oxygens (including phenoxy) is 2. The fourth-order valence-electron chi connectivity index (χ4n) is 2.09. The summed E-state index contributed by atoms with van der Waals surface area (Å²) < 4.78 is 10.5. The van der Waals surface area contributed by atoms with Gasteiger partial charge in [0.15, 0.2) is 0 Å². The van der Waals surface area contributed by atoms with Crippen LogP contribution >= 0.6 is 0 Å². The molecule has 0 bridgehead atoms. The molecule has 0 saturated carbocycles. The number of carbonyl (C=O) groups is 2. The Labute approximate surface area is 150 Å². The van der Waals surface area contributed by atoms with Gasteiger partial charge in [-0.15, -0.1) is 0 Å². The Morgan fingerprint density at radius 3 is 2.28 bits per heavy atom. The topological polar surface area (TPSA) is 90.6 Å². The molecule has 0 aliphatic rings. The predicted octanol–water partition coefficient (Wildman–Crippen LogP) is 3.00. The fourth-order valence-corrected chi connectivity index (χ4v) is 2.09. The number of benzene rings is 1. The Morgan fingerprint density at radius 2 is 1.72 bits per heavy atom. The van der Waals surface area contributed by atoms with Crippen molar-refractivity contribution in [3.05, 3.63) is 35.9 Å². The van der Waals surface area contributed by atoms with Crippen LogP contribution in [0.15, 0.2) is 30.3 Å². The maximum absolute atomic E-state index is 12.2. The van der Waals surface area contributed by atoms with Gasteiger partial charge in [0.25, 0.3) is 0 Å². The van der Waals surface area contributed by atoms with E-state index in [2.05, 4.69) is 5.32 Å². The van der Waals surface area contributed by atoms with Crippen LogP contribution in [-0.2, 0) is 20.9 Å². The molecule has 0 radical (unpaired) electrons. The molecule has 1 amide bonds. The van der Waals surface area contributed by atoms with Crippen molar-refractivity contribution in [2.45, 2.75) is 59.3 Å². The van der Waals surface area contributed by atoms with Crippen LogP contribution in [0.1, 0.15) is 46.6 Å². The number of nitrogens with one attached hydrogen (secondary N) is 1. The van der Waals surface area contributed by atoms with E-state index in [0.29, 0.717) is 13.0 Å². The summed E-state index contributed by atoms with van der Waals surface area (Å²) in [6, 6.07) is 8.66. The average Bonchev–Trinajstić information content (AvgIpc) is 2.51. The third-order valence-corrected chi connectivity index (χ3v) is 3.76. The lowest BCUT2D eigenvalue weighted by Gasteiger charge is -2.30. The molecular weight excluding hydrogens is 320 g/mol. The van der Waals surface area contributed by atoms with Gasteiger partial charge >= 0.3 is 12.1 Å². The van der Waals surface area contributed by atoms with Crippen molar-refractivity contribution < 1.29 is 19.1 Å². The number of amides is 1. The monoisotopic (exact) mass is 350 g/mol. The van der Waals surface area contributed by atoms with Crippen LogP contribution in [0.3, 0.4) is 0 Å². The first kappa shape index (κ1) is 21.0. The second-order valence-electron chi connectivity index (χ2n) is 7.74. The minimum Gasteiger partial charge on any atom is -0.460 e. The van der Waals surface area contributed by atoms with Crippen LogP contribution in [0.2, 0.25) is 0 Å². The molecule has 0 heterocycles. The number of carbonyl (C=O) groups excluding carboxylic acids is 2. The first-order chi connectivity index (χ1) is 11.5. The Kier molecular flexibility index (Phi) is 7.42. The van der Waals surface area contributed by atoms with E-state index in [-0.39, 0.29) is 6.61 Å². The van der Waals surface area contributed by atoms with Crippen molar-refractivity contribution in [3.8, 4) is 0 Å². The normalized spacial score (nSPS) is 13.0. The Morgan fingerprint density at radius 1 is 1.12 bits per heavy atom. The molecule has 0 aromatic heterocycles. The molecule has 1 atom stereocenters. The fraction of sp³-hybridized carbons (Fsp3) is 0.579. The first-order valence-corrected chi connectivity index (χ1v) is 8.44. The van der Waals surface area contributed by atoms with Crippen molar-refractivity contribution in [2.24, 2.45) is 11.1 Å². The molecule has 25 heavy (non-hydrogen) atoms. The van der Waals surface area contributed by atoms with E-state index in [1.54, 1.807) is 20.8 Å². The van der Waals surface area contributed by atoms with E-state index in [1.165, 1.54) is 0 Å². The van der Waals surface area contributed by atoms with E-state index in [4.69, 9.17) is 15.2 Å². The molecular formula is C19H30N2O4. The third kappa shape index (κ3) is 8.03. The molecule has 1 aromatic carbocycles. The molecule has 1 rings (SSSR count). The Bertz CT molecular complexity index is 565. The van der Waals surface area contributed by atoms with Crippen molar-refractivity contribution in [2.75, 3.05) is 6.54 Å². The largest absolute Gasteiger partial charge is 0.460 e. The molecule has 0 fully saturated rings. The molecule has 3 N–H and O–H groups in total. The molecule has 6 nitrogen and oxygen atoms in total. The van der Waals surface area contributed by atoms with Crippen LogP contribution in [0, 0.1) is 5.41 Å². The first-order valence-electron chi connectivity index (χ1n) is 8.44. The number of hydrogen-bond acceptors (Lipinski definition) is 5. The van der Waals surface area contributed by atoms with Crippen molar-refractivity contribution in [1.29, 1.82) is 0 Å². The van der Waals surface area contributed by atoms with Crippen LogP contribution in [0.4, 0.5) is 4.79 Å². The Hall–Kier alpha value is -2.08. The maximum atomic E-state index is 12.2. The average molecular weight is 350 g/mol. The highest BCUT2D eigenvalue weighted by molar-refractivity contribution is 5.76. The number of rotatable bonds is 7. The summed E-state index contributed by atoms with van der Waals surface area (Å²) in [5, 5.41) is 2.68. The maximum Gasteiger partial charge on any atom is 0.407 e. The van der Waals surface area contributed by atoms with Gasteiger partial charge in [-0.25, -0.2) is 4.79 Å². The summed E-state index contributed by atoms with van der Waals surface area (Å²) in [7, 11) is 0. The van der Waals surface area contributed by atoms with E-state index in [0.717, 1.165) is 5.56 Å². The quantitative estimate of drug-likeness (QED) is 0.738. The molecule has 0 aliphatic carbocycles. The zero-order valence-electron chi connectivity index (χ0n) is 15.8. The summed E-state index contributed by atoms with van der Waals surface area (Å²) in [6.07, 6.45) is 0.0388. The highest BCUT2D eigenvalue weighted by atomic mass is 16.6. The van der Waals surface area contributed by atoms with Gasteiger partial charge in [0.2, 0.25) is 0 Å². The Balaban J connectivity index is 2.42. The van der Waals surface area contributed by atoms with E-state index >= 15 is 0 Å². The lowest BCUT2D eigenvalue weighted by Crippen LogP contribution is -2.46. The van der Waals surface area contributed by atoms with Crippen molar-refractivity contribution in [1.82, 2.24) is 5.32 Å². The molecule has 0 spiro atoms. The summed E-state index contributed by atoms with van der Waals surface area (Å²) in [5.41, 5.74) is 5.90. The molecule has 0 aliphatic heterocycles. The van der Waals surface area contributed by atoms with Crippen LogP contribution < -0.4 is 11.1 Å². The highest BCUT2D eigenvalue weighted by Gasteiger charge is 2.33. The predicted molar refractivity (Wildman–Crippen MR) is 96.8 cm³/mol. The van der Waals surface area contributed by atoms with Gasteiger partial charge < -0.3 is 20.5 Å². The molecule has 140 valence electrons. The van der Waals surface area contributed by atoms with Crippen LogP contribution in [-0.4, -0.2) is 30.3 Å². The second kappa shape index (κ2) is 8.85. The van der Waals surface area contributed by atoms with Gasteiger partial charge in [-0.1, -0.05) is 44.2 Å². The van der Waals surface area contributed by atoms with Gasteiger partial charge in [-0.3, -0.25) is 4.79 Å². The summed E-state index contributed by atoms with van der Waals surface area (Å²) >= 11 is 0. The van der Waals surface area contributed by atoms with Gasteiger partial charge in [0, 0.05) is 6.54 Å². The van der Waals surface area contributed by atoms with Crippen LogP contribution in [0.25, 0.3) is 0 Å². The minimum atomic E-state index is -0.781. The van der Waals surface area contributed by atoms with Crippen molar-refractivity contribution >= 4 is 12.1 Å². The van der Waals surface area contributed by atoms with E-state index < -0.39 is 29.1 Å². The van der Waals surface area contributed by atoms with Gasteiger partial charge in [-0.05, 0) is 38.2 Å². The standard InChI is InChI=1S/C19H30N2O4/c1-18(2,3)25-17(23)21-12-11-19(4,5)15(20)16(22)24-13-14-9-7-6-8-10-14/h6-10,15H,11-13,20H2,1-5H3,(H,21,23)/t15-/m1/s1. The minimum absolute atomic E-state index is 0.194. The smallest absolute Gasteiger partial charge is 0.407 e. The summed E-state index contributed by atoms with van der Waals surface area (Å²) in [6.45, 7) is 9.71. The lowest BCUT2D eigenvalue weighted by atomic mass is 9.81. The molecule has 6 heteroatoms. The second-order valence-corrected chi connectivity index (χ2v) is 7.74. The zero-order chi connectivity index (χ0) is 19.1. The molecule has 0 saturated heterocycles. The number of nitrogens with two attached hydrogens (primary N) is 1. The number of hydrogen-bond donors (Lipinski definition) is 2. The number of alkyl carbamates (subject to hydrolysis) is 1. The molecule has 1 aromatic rings.